The largest absolute Gasteiger partial charge is 0.481 e. The Hall–Kier alpha value is -1.14. The standard InChI is InChI=1S/C15H24N2O4/c1-15(14(19)20)8-21-7-12(15)17-13(18)6-9-4-10-2-3-11(5-9)16-10/h9-12,16H,2-8H2,1H3,(H,17,18)(H,19,20). The number of hydrogen-bond acceptors (Lipinski definition) is 4. The number of ether oxygens (including phenoxy) is 1. The van der Waals surface area contributed by atoms with Gasteiger partial charge in [0.15, 0.2) is 0 Å². The molecule has 3 aliphatic rings. The normalized spacial score (nSPS) is 42.0. The van der Waals surface area contributed by atoms with Crippen LogP contribution in [0.15, 0.2) is 0 Å². The van der Waals surface area contributed by atoms with Gasteiger partial charge in [0, 0.05) is 18.5 Å². The van der Waals surface area contributed by atoms with Crippen molar-refractivity contribution in [2.75, 3.05) is 13.2 Å². The predicted octanol–water partition coefficient (Wildman–Crippen LogP) is 0.513. The van der Waals surface area contributed by atoms with Gasteiger partial charge in [-0.3, -0.25) is 9.59 Å². The van der Waals surface area contributed by atoms with E-state index in [1.165, 1.54) is 12.8 Å². The van der Waals surface area contributed by atoms with E-state index in [0.717, 1.165) is 12.8 Å². The smallest absolute Gasteiger partial charge is 0.313 e. The zero-order valence-electron chi connectivity index (χ0n) is 12.4. The molecule has 0 saturated carbocycles. The monoisotopic (exact) mass is 296 g/mol. The third kappa shape index (κ3) is 2.92. The van der Waals surface area contributed by atoms with Crippen LogP contribution >= 0.6 is 0 Å². The molecule has 0 aromatic heterocycles. The number of fused-ring (bicyclic) bond motifs is 2. The van der Waals surface area contributed by atoms with E-state index >= 15 is 0 Å². The van der Waals surface area contributed by atoms with Crippen LogP contribution in [0.4, 0.5) is 0 Å². The molecule has 4 atom stereocenters. The first-order chi connectivity index (χ1) is 9.97. The molecule has 3 heterocycles. The van der Waals surface area contributed by atoms with E-state index < -0.39 is 17.4 Å². The predicted molar refractivity (Wildman–Crippen MR) is 75.8 cm³/mol. The molecule has 0 aliphatic carbocycles. The molecular formula is C15H24N2O4. The average Bonchev–Trinajstić information content (AvgIpc) is 2.94. The maximum atomic E-state index is 12.2. The summed E-state index contributed by atoms with van der Waals surface area (Å²) in [6.45, 7) is 2.08. The number of carbonyl (C=O) groups excluding carboxylic acids is 1. The van der Waals surface area contributed by atoms with Gasteiger partial charge in [-0.1, -0.05) is 0 Å². The molecule has 1 amide bonds. The molecule has 0 radical (unpaired) electrons. The lowest BCUT2D eigenvalue weighted by Gasteiger charge is -2.30. The highest BCUT2D eigenvalue weighted by Gasteiger charge is 2.47. The van der Waals surface area contributed by atoms with Gasteiger partial charge in [-0.15, -0.1) is 0 Å². The number of nitrogens with one attached hydrogen (secondary N) is 2. The van der Waals surface area contributed by atoms with E-state index in [1.807, 2.05) is 0 Å². The van der Waals surface area contributed by atoms with E-state index in [4.69, 9.17) is 4.74 Å². The van der Waals surface area contributed by atoms with E-state index in [1.54, 1.807) is 6.92 Å². The van der Waals surface area contributed by atoms with E-state index in [-0.39, 0.29) is 19.1 Å². The Morgan fingerprint density at radius 1 is 1.33 bits per heavy atom. The summed E-state index contributed by atoms with van der Waals surface area (Å²) >= 11 is 0. The molecule has 118 valence electrons. The number of rotatable bonds is 4. The molecule has 4 unspecified atom stereocenters. The maximum Gasteiger partial charge on any atom is 0.313 e. The Morgan fingerprint density at radius 2 is 2.00 bits per heavy atom. The molecule has 21 heavy (non-hydrogen) atoms. The van der Waals surface area contributed by atoms with Crippen molar-refractivity contribution in [2.45, 2.75) is 57.2 Å². The SMILES string of the molecule is CC1(C(=O)O)COCC1NC(=O)CC1CC2CCC(C1)N2. The summed E-state index contributed by atoms with van der Waals surface area (Å²) in [5, 5.41) is 15.8. The lowest BCUT2D eigenvalue weighted by atomic mass is 9.84. The van der Waals surface area contributed by atoms with Crippen molar-refractivity contribution in [1.29, 1.82) is 0 Å². The van der Waals surface area contributed by atoms with Gasteiger partial charge in [-0.25, -0.2) is 0 Å². The zero-order chi connectivity index (χ0) is 15.0. The number of carboxylic acids is 1. The third-order valence-corrected chi connectivity index (χ3v) is 5.32. The second kappa shape index (κ2) is 5.57. The number of amides is 1. The molecule has 6 nitrogen and oxygen atoms in total. The Balaban J connectivity index is 1.53. The molecule has 3 rings (SSSR count). The van der Waals surface area contributed by atoms with Crippen LogP contribution in [-0.4, -0.2) is 48.3 Å². The number of hydrogen-bond donors (Lipinski definition) is 3. The van der Waals surface area contributed by atoms with Gasteiger partial charge in [-0.2, -0.15) is 0 Å². The lowest BCUT2D eigenvalue weighted by Crippen LogP contribution is -2.50. The van der Waals surface area contributed by atoms with Crippen molar-refractivity contribution in [3.05, 3.63) is 0 Å². The molecule has 0 spiro atoms. The Labute approximate surface area is 124 Å². The van der Waals surface area contributed by atoms with Crippen LogP contribution in [0.1, 0.15) is 39.0 Å². The summed E-state index contributed by atoms with van der Waals surface area (Å²) in [5.74, 6) is -0.531. The molecular weight excluding hydrogens is 272 g/mol. The minimum atomic E-state index is -1.01. The number of aliphatic carboxylic acids is 1. The fourth-order valence-corrected chi connectivity index (χ4v) is 3.94. The molecule has 2 bridgehead atoms. The highest BCUT2D eigenvalue weighted by atomic mass is 16.5. The van der Waals surface area contributed by atoms with Crippen LogP contribution in [0.5, 0.6) is 0 Å². The van der Waals surface area contributed by atoms with Gasteiger partial charge < -0.3 is 20.5 Å². The summed E-state index contributed by atoms with van der Waals surface area (Å²) in [6.07, 6.45) is 5.05. The molecule has 3 N–H and O–H groups in total. The van der Waals surface area contributed by atoms with Gasteiger partial charge in [0.2, 0.25) is 5.91 Å². The van der Waals surface area contributed by atoms with Crippen molar-refractivity contribution in [3.63, 3.8) is 0 Å². The highest BCUT2D eigenvalue weighted by Crippen LogP contribution is 2.33. The number of carboxylic acid groups (broad SMARTS) is 1. The molecule has 3 saturated heterocycles. The van der Waals surface area contributed by atoms with Crippen molar-refractivity contribution in [2.24, 2.45) is 11.3 Å². The maximum absolute atomic E-state index is 12.2. The van der Waals surface area contributed by atoms with Crippen molar-refractivity contribution >= 4 is 11.9 Å². The average molecular weight is 296 g/mol. The molecule has 6 heteroatoms. The van der Waals surface area contributed by atoms with Crippen LogP contribution in [0.3, 0.4) is 0 Å². The molecule has 3 fully saturated rings. The van der Waals surface area contributed by atoms with Gasteiger partial charge in [0.25, 0.3) is 0 Å². The molecule has 0 aromatic carbocycles. The lowest BCUT2D eigenvalue weighted by molar-refractivity contribution is -0.149. The second-order valence-corrected chi connectivity index (χ2v) is 7.04. The van der Waals surface area contributed by atoms with Gasteiger partial charge in [0.1, 0.15) is 5.41 Å². The van der Waals surface area contributed by atoms with E-state index in [9.17, 15) is 14.7 Å². The summed E-state index contributed by atoms with van der Waals surface area (Å²) in [7, 11) is 0. The minimum absolute atomic E-state index is 0.0377. The van der Waals surface area contributed by atoms with Crippen molar-refractivity contribution in [1.82, 2.24) is 10.6 Å². The van der Waals surface area contributed by atoms with E-state index in [0.29, 0.717) is 24.4 Å². The van der Waals surface area contributed by atoms with Gasteiger partial charge in [-0.05, 0) is 38.5 Å². The number of piperidine rings is 1. The first kappa shape index (κ1) is 14.8. The second-order valence-electron chi connectivity index (χ2n) is 7.04. The van der Waals surface area contributed by atoms with Crippen LogP contribution in [0.2, 0.25) is 0 Å². The summed E-state index contributed by atoms with van der Waals surface area (Å²) < 4.78 is 5.26. The molecule has 3 aliphatic heterocycles. The zero-order valence-corrected chi connectivity index (χ0v) is 12.4. The molecule has 0 aromatic rings. The van der Waals surface area contributed by atoms with Crippen LogP contribution < -0.4 is 10.6 Å². The fraction of sp³-hybridized carbons (Fsp3) is 0.867. The topological polar surface area (TPSA) is 87.7 Å². The summed E-state index contributed by atoms with van der Waals surface area (Å²) in [6, 6.07) is 0.710. The van der Waals surface area contributed by atoms with E-state index in [2.05, 4.69) is 10.6 Å². The van der Waals surface area contributed by atoms with Crippen LogP contribution in [0.25, 0.3) is 0 Å². The van der Waals surface area contributed by atoms with Crippen LogP contribution in [-0.2, 0) is 14.3 Å². The first-order valence-electron chi connectivity index (χ1n) is 7.84. The fourth-order valence-electron chi connectivity index (χ4n) is 3.94. The quantitative estimate of drug-likeness (QED) is 0.704. The van der Waals surface area contributed by atoms with Gasteiger partial charge >= 0.3 is 5.97 Å². The first-order valence-corrected chi connectivity index (χ1v) is 7.84. The summed E-state index contributed by atoms with van der Waals surface area (Å²) in [4.78, 5) is 23.6. The minimum Gasteiger partial charge on any atom is -0.481 e. The highest BCUT2D eigenvalue weighted by molar-refractivity contribution is 5.80. The Bertz CT molecular complexity index is 429. The van der Waals surface area contributed by atoms with Crippen molar-refractivity contribution in [3.8, 4) is 0 Å². The van der Waals surface area contributed by atoms with Crippen LogP contribution in [0, 0.1) is 11.3 Å². The van der Waals surface area contributed by atoms with Crippen molar-refractivity contribution < 1.29 is 19.4 Å². The summed E-state index contributed by atoms with van der Waals surface area (Å²) in [5.41, 5.74) is -1.01. The third-order valence-electron chi connectivity index (χ3n) is 5.32. The number of carbonyl (C=O) groups is 2. The Morgan fingerprint density at radius 3 is 2.62 bits per heavy atom. The van der Waals surface area contributed by atoms with Gasteiger partial charge in [0.05, 0.1) is 19.3 Å². The Kier molecular flexibility index (Phi) is 3.92.